The Morgan fingerprint density at radius 2 is 1.17 bits per heavy atom. The molecule has 0 bridgehead atoms. The molecule has 3 heterocycles. The summed E-state index contributed by atoms with van der Waals surface area (Å²) in [5, 5.41) is 55.6. The zero-order valence-corrected chi connectivity index (χ0v) is 80.1. The number of carbonyl (C=O) groups is 5. The number of benzene rings is 1. The number of ether oxygens (including phenoxy) is 3. The van der Waals surface area contributed by atoms with Gasteiger partial charge in [-0.1, -0.05) is 110 Å². The SMILES string of the molecule is CC(C)(C)OC(=O)N[C@H]1CCCC[C@H]1CO.CC(C)CN.CC(C)CNC[C@@H]1CCCC[C@@H]1N.CC(C)CNC[C@@H]1CCCC[C@@H]1NC(=O)OC(C)(C)C.CN[C@@H](C)CCCN.C[C@@H](CCCN=[N+]=[N-])N(C)C(=O)OC(C)(C)C.C[C@H]1CCCN2C(=O)c3c(O)c(=O)c(C(=O)CCc4ccc(F)cc4)cn3CC2N1C.N[C@H]1CCCC[C@H]1CO.O=BC#CO. The number of likely N-dealkylation sites (N-methyl/N-ethyl adjacent to an activating group) is 1. The van der Waals surface area contributed by atoms with E-state index in [1.54, 1.807) is 39.4 Å². The summed E-state index contributed by atoms with van der Waals surface area (Å²) < 4.78 is 39.5. The summed E-state index contributed by atoms with van der Waals surface area (Å²) in [7, 11) is 5.97. The standard InChI is InChI=1S/C23H26FN3O4.C16H32N2O2.C12H23NO3.C11H22N4O2.C11H24N2.C7H15NO.C6H16N2.C4H11N.C2HBO2/c1-14-4-3-11-27-19(25(14)2)13-26-12-17(21(29)22(30)20(26)23(27)31)18(28)10-7-15-5-8-16(24)9-6-15;1-12(2)10-17-11-13-8-6-7-9-14(13)18-15(19)20-16(3,4)5;1-12(2,3)16-11(15)13-10-7-5-4-6-9(10)8-14;1-9(7-6-8-13-14-12)15(5)10(16)17-11(2,3)4;1-9(2)7-13-8-10-5-3-4-6-11(10)12;8-7-4-2-1-3-6(7)5-9;1-6(8-2)4-3-5-7;1-4(2)3-5;4-2-1-3-5/h5-6,8-9,12,14,19,30H,3-4,7,10-11,13H2,1-2H3;12-14,17H,6-11H2,1-5H3,(H,18,19);9-10,14H,4-8H2,1-3H3,(H,13,15);9H,6-8H2,1-5H3;9-11,13H,3-8,12H2,1-2H3;6-7,9H,1-5,8H2;6,8H,3-5,7H2,1-2H3;4H,3,5H2,1-2H3;4H/t14-,19?;13-,14-;9-,10-;9-;10-,11-;6-,7-;6-;;/m0000000../s1. The van der Waals surface area contributed by atoms with Crippen molar-refractivity contribution in [3.8, 4) is 17.7 Å². The Kier molecular flexibility index (Phi) is 61.0. The van der Waals surface area contributed by atoms with E-state index in [-0.39, 0.29) is 97.3 Å². The summed E-state index contributed by atoms with van der Waals surface area (Å²) in [6.45, 7) is 43.8. The van der Waals surface area contributed by atoms with Crippen LogP contribution in [0.15, 0.2) is 40.4 Å². The number of pyridine rings is 1. The van der Waals surface area contributed by atoms with E-state index in [2.05, 4.69) is 96.9 Å². The second-order valence-electron chi connectivity index (χ2n) is 38.0. The van der Waals surface area contributed by atoms with Gasteiger partial charge in [0.25, 0.3) is 5.91 Å². The number of azide groups is 1. The number of carbonyl (C=O) groups excluding carboxylic acids is 5. The minimum atomic E-state index is -0.821. The van der Waals surface area contributed by atoms with E-state index in [1.165, 1.54) is 88.6 Å². The number of aromatic hydroxyl groups is 1. The van der Waals surface area contributed by atoms with E-state index in [9.17, 15) is 43.4 Å². The third-order valence-electron chi connectivity index (χ3n) is 22.2. The fourth-order valence-corrected chi connectivity index (χ4v) is 14.5. The van der Waals surface area contributed by atoms with Crippen molar-refractivity contribution in [2.75, 3.05) is 86.7 Å². The number of alkyl carbamates (subject to hydrolysis) is 2. The van der Waals surface area contributed by atoms with Gasteiger partial charge >= 0.3 is 47.2 Å². The van der Waals surface area contributed by atoms with Crippen molar-refractivity contribution in [2.24, 2.45) is 69.5 Å². The topological polar surface area (TPSA) is 456 Å². The van der Waals surface area contributed by atoms with E-state index in [0.717, 1.165) is 134 Å². The molecule has 32 heteroatoms. The van der Waals surface area contributed by atoms with Crippen molar-refractivity contribution >= 4 is 37.1 Å². The van der Waals surface area contributed by atoms with Gasteiger partial charge in [-0.15, -0.1) is 0 Å². The number of nitrogens with two attached hydrogens (primary N) is 4. The molecule has 124 heavy (non-hydrogen) atoms. The number of fused-ring (bicyclic) bond motifs is 2. The quantitative estimate of drug-likeness (QED) is 0.00608. The van der Waals surface area contributed by atoms with Gasteiger partial charge in [0, 0.05) is 99.1 Å². The third kappa shape index (κ3) is 52.3. The van der Waals surface area contributed by atoms with Gasteiger partial charge in [-0.25, -0.2) is 18.8 Å². The molecule has 5 fully saturated rings. The Hall–Kier alpha value is -7.02. The first-order valence-electron chi connectivity index (χ1n) is 45.8. The number of aromatic nitrogens is 1. The molecule has 1 aromatic heterocycles. The van der Waals surface area contributed by atoms with Gasteiger partial charge in [0.2, 0.25) is 5.43 Å². The van der Waals surface area contributed by atoms with Crippen molar-refractivity contribution in [1.29, 1.82) is 0 Å². The molecule has 1 unspecified atom stereocenters. The monoisotopic (exact) mass is 1750 g/mol. The van der Waals surface area contributed by atoms with Crippen LogP contribution in [0.3, 0.4) is 0 Å². The van der Waals surface area contributed by atoms with Crippen LogP contribution in [0, 0.1) is 59.2 Å². The number of amides is 4. The van der Waals surface area contributed by atoms with Crippen molar-refractivity contribution in [3.05, 3.63) is 73.8 Å². The van der Waals surface area contributed by atoms with Gasteiger partial charge in [-0.05, 0) is 291 Å². The summed E-state index contributed by atoms with van der Waals surface area (Å²) in [6, 6.07) is 7.84. The summed E-state index contributed by atoms with van der Waals surface area (Å²) in [5.41, 5.74) is 28.8. The molecule has 6 aliphatic rings. The Balaban J connectivity index is 0.00000145. The number of aliphatic hydroxyl groups excluding tert-OH is 3. The number of nitrogens with zero attached hydrogens (tertiary/aromatic N) is 7. The fraction of sp³-hybridized carbons (Fsp3) is 0.804. The average molecular weight is 1750 g/mol. The predicted molar refractivity (Wildman–Crippen MR) is 496 cm³/mol. The molecule has 2 aliphatic heterocycles. The van der Waals surface area contributed by atoms with Crippen LogP contribution in [0.2, 0.25) is 0 Å². The fourth-order valence-electron chi connectivity index (χ4n) is 14.5. The number of hydrogen-bond donors (Lipinski definition) is 13. The van der Waals surface area contributed by atoms with Crippen LogP contribution in [0.1, 0.15) is 299 Å². The first-order valence-corrected chi connectivity index (χ1v) is 45.8. The van der Waals surface area contributed by atoms with Crippen molar-refractivity contribution in [1.82, 2.24) is 45.9 Å². The van der Waals surface area contributed by atoms with Gasteiger partial charge < -0.3 is 93.4 Å². The number of rotatable bonds is 26. The van der Waals surface area contributed by atoms with E-state index in [4.69, 9.17) is 57.6 Å². The molecule has 17 N–H and O–H groups in total. The van der Waals surface area contributed by atoms with Crippen LogP contribution in [-0.4, -0.2) is 229 Å². The normalized spacial score (nSPS) is 21.4. The first kappa shape index (κ1) is 117. The van der Waals surface area contributed by atoms with Gasteiger partial charge in [0.15, 0.2) is 17.2 Å². The molecule has 12 atom stereocenters. The molecule has 0 radical (unpaired) electrons. The molecule has 4 saturated carbocycles. The molecule has 1 saturated heterocycles. The Morgan fingerprint density at radius 1 is 0.694 bits per heavy atom. The maximum absolute atomic E-state index is 13.1. The number of aliphatic hydroxyl groups is 3. The number of aryl methyl sites for hydroxylation is 1. The Morgan fingerprint density at radius 3 is 1.60 bits per heavy atom. The third-order valence-corrected chi connectivity index (χ3v) is 22.2. The zero-order valence-electron chi connectivity index (χ0n) is 80.1. The van der Waals surface area contributed by atoms with Crippen LogP contribution in [0.5, 0.6) is 5.75 Å². The number of hydrogen-bond acceptors (Lipinski definition) is 23. The van der Waals surface area contributed by atoms with Gasteiger partial charge in [-0.3, -0.25) is 19.3 Å². The number of nitrogens with one attached hydrogen (secondary N) is 5. The first-order chi connectivity index (χ1) is 58.3. The number of halogens is 1. The molecular formula is C92H170BFN16O14. The minimum absolute atomic E-state index is 0.0418. The molecule has 712 valence electrons. The van der Waals surface area contributed by atoms with Crippen LogP contribution in [0.4, 0.5) is 18.8 Å². The predicted octanol–water partition coefficient (Wildman–Crippen LogP) is 13.6. The molecule has 2 aromatic rings. The van der Waals surface area contributed by atoms with Crippen molar-refractivity contribution in [3.63, 3.8) is 0 Å². The molecule has 1 aromatic carbocycles. The summed E-state index contributed by atoms with van der Waals surface area (Å²) in [5.74, 6) is 3.79. The van der Waals surface area contributed by atoms with Crippen molar-refractivity contribution in [2.45, 2.75) is 351 Å². The van der Waals surface area contributed by atoms with Crippen LogP contribution in [-0.2, 0) is 31.9 Å². The van der Waals surface area contributed by atoms with Gasteiger partial charge in [0.1, 0.15) is 28.8 Å². The van der Waals surface area contributed by atoms with Gasteiger partial charge in [-0.2, -0.15) is 0 Å². The molecule has 8 rings (SSSR count). The molecule has 4 aliphatic carbocycles. The van der Waals surface area contributed by atoms with E-state index < -0.39 is 39.7 Å². The average Bonchev–Trinajstić information content (AvgIpc) is 1.16. The number of ketones is 1. The molecule has 4 amide bonds. The molecule has 0 spiro atoms. The Labute approximate surface area is 745 Å². The number of Topliss-reactive ketones (excluding diaryl/α,β-unsaturated/α-hetero) is 1. The second kappa shape index (κ2) is 64.7. The van der Waals surface area contributed by atoms with Crippen LogP contribution in [0.25, 0.3) is 10.4 Å². The van der Waals surface area contributed by atoms with Crippen LogP contribution < -0.4 is 54.9 Å². The molecular weight excluding hydrogens is 1580 g/mol. The maximum atomic E-state index is 13.1. The van der Waals surface area contributed by atoms with E-state index >= 15 is 0 Å². The summed E-state index contributed by atoms with van der Waals surface area (Å²) >= 11 is 0. The van der Waals surface area contributed by atoms with Crippen LogP contribution >= 0.6 is 0 Å². The van der Waals surface area contributed by atoms with Gasteiger partial charge in [0.05, 0.1) is 12.1 Å². The van der Waals surface area contributed by atoms with E-state index in [1.807, 2.05) is 83.3 Å². The Bertz CT molecular complexity index is 3450. The van der Waals surface area contributed by atoms with E-state index in [0.29, 0.717) is 69.0 Å². The zero-order chi connectivity index (χ0) is 94.3. The second-order valence-corrected chi connectivity index (χ2v) is 38.0. The molecule has 30 nitrogen and oxygen atoms in total. The van der Waals surface area contributed by atoms with Crippen molar-refractivity contribution < 1.29 is 67.7 Å². The summed E-state index contributed by atoms with van der Waals surface area (Å²) in [6.07, 6.45) is 26.5. The summed E-state index contributed by atoms with van der Waals surface area (Å²) in [4.78, 5) is 81.9.